The molecule has 0 spiro atoms. The van der Waals surface area contributed by atoms with E-state index in [4.69, 9.17) is 0 Å². The van der Waals surface area contributed by atoms with Gasteiger partial charge in [0.15, 0.2) is 0 Å². The van der Waals surface area contributed by atoms with Crippen molar-refractivity contribution in [2.45, 2.75) is 27.7 Å². The molecule has 0 radical (unpaired) electrons. The van der Waals surface area contributed by atoms with Crippen LogP contribution in [0.3, 0.4) is 0 Å². The van der Waals surface area contributed by atoms with E-state index >= 15 is 0 Å². The summed E-state index contributed by atoms with van der Waals surface area (Å²) in [5, 5.41) is 2.28. The van der Waals surface area contributed by atoms with Crippen molar-refractivity contribution in [3.63, 3.8) is 0 Å². The lowest BCUT2D eigenvalue weighted by Crippen LogP contribution is -2.54. The number of benzene rings is 2. The molecule has 1 aromatic heterocycles. The smallest absolute Gasteiger partial charge is 0.318 e. The summed E-state index contributed by atoms with van der Waals surface area (Å²) in [6.07, 6.45) is 1.56. The molecule has 0 aliphatic carbocycles. The molecular weight excluding hydrogens is 390 g/mol. The third-order valence-electron chi connectivity index (χ3n) is 5.42. The van der Waals surface area contributed by atoms with Crippen molar-refractivity contribution in [3.8, 4) is 5.69 Å². The minimum Gasteiger partial charge on any atom is -0.318 e. The topological polar surface area (TPSA) is 71.4 Å². The molecule has 6 nitrogen and oxygen atoms in total. The molecular formula is C25H23N3O3. The van der Waals surface area contributed by atoms with E-state index in [1.165, 1.54) is 5.56 Å². The molecule has 6 heteroatoms. The Morgan fingerprint density at radius 2 is 1.52 bits per heavy atom. The first-order chi connectivity index (χ1) is 14.8. The van der Waals surface area contributed by atoms with Crippen LogP contribution in [0.2, 0.25) is 0 Å². The standard InChI is InChI=1S/C25H23N3O3/c1-15-8-10-20(11-9-15)27-17(3)13-19(18(27)4)14-22-23(29)26-25(31)28(24(22)30)21-7-5-6-16(2)12-21/h5-14H,1-4H3,(H,26,29,31). The molecule has 0 unspecified atom stereocenters. The van der Waals surface area contributed by atoms with Crippen LogP contribution in [0.15, 0.2) is 60.2 Å². The van der Waals surface area contributed by atoms with Crippen LogP contribution < -0.4 is 10.2 Å². The zero-order valence-corrected chi connectivity index (χ0v) is 17.9. The van der Waals surface area contributed by atoms with Gasteiger partial charge in [-0.3, -0.25) is 14.9 Å². The largest absolute Gasteiger partial charge is 0.335 e. The number of carbonyl (C=O) groups excluding carboxylic acids is 3. The number of carbonyl (C=O) groups is 3. The average molecular weight is 413 g/mol. The highest BCUT2D eigenvalue weighted by atomic mass is 16.2. The van der Waals surface area contributed by atoms with E-state index in [-0.39, 0.29) is 5.57 Å². The first kappa shape index (κ1) is 20.3. The van der Waals surface area contributed by atoms with Gasteiger partial charge in [-0.15, -0.1) is 0 Å². The second-order valence-corrected chi connectivity index (χ2v) is 7.79. The van der Waals surface area contributed by atoms with Crippen molar-refractivity contribution in [2.75, 3.05) is 4.90 Å². The number of aryl methyl sites for hydroxylation is 3. The quantitative estimate of drug-likeness (QED) is 0.512. The van der Waals surface area contributed by atoms with E-state index in [9.17, 15) is 14.4 Å². The minimum atomic E-state index is -0.747. The number of nitrogens with one attached hydrogen (secondary N) is 1. The number of hydrogen-bond acceptors (Lipinski definition) is 3. The third kappa shape index (κ3) is 3.68. The average Bonchev–Trinajstić information content (AvgIpc) is 2.99. The Morgan fingerprint density at radius 3 is 2.19 bits per heavy atom. The maximum Gasteiger partial charge on any atom is 0.335 e. The molecule has 1 N–H and O–H groups in total. The molecule has 4 rings (SSSR count). The zero-order valence-electron chi connectivity index (χ0n) is 17.9. The molecule has 4 amide bonds. The van der Waals surface area contributed by atoms with Crippen molar-refractivity contribution in [1.82, 2.24) is 9.88 Å². The fourth-order valence-corrected chi connectivity index (χ4v) is 3.84. The lowest BCUT2D eigenvalue weighted by molar-refractivity contribution is -0.122. The number of barbiturate groups is 1. The fraction of sp³-hybridized carbons (Fsp3) is 0.160. The van der Waals surface area contributed by atoms with Gasteiger partial charge in [-0.1, -0.05) is 29.8 Å². The Bertz CT molecular complexity index is 1250. The second kappa shape index (κ2) is 7.72. The molecule has 31 heavy (non-hydrogen) atoms. The molecule has 3 aromatic rings. The summed E-state index contributed by atoms with van der Waals surface area (Å²) in [6, 6.07) is 16.4. The molecule has 1 saturated heterocycles. The number of nitrogens with zero attached hydrogens (tertiary/aromatic N) is 2. The maximum atomic E-state index is 13.1. The first-order valence-corrected chi connectivity index (χ1v) is 10.0. The zero-order chi connectivity index (χ0) is 22.3. The molecule has 0 bridgehead atoms. The summed E-state index contributed by atoms with van der Waals surface area (Å²) in [5.41, 5.74) is 6.03. The Labute approximate surface area is 180 Å². The summed E-state index contributed by atoms with van der Waals surface area (Å²) in [6.45, 7) is 7.81. The maximum absolute atomic E-state index is 13.1. The van der Waals surface area contributed by atoms with Gasteiger partial charge in [-0.25, -0.2) is 9.69 Å². The third-order valence-corrected chi connectivity index (χ3v) is 5.42. The lowest BCUT2D eigenvalue weighted by atomic mass is 10.1. The van der Waals surface area contributed by atoms with Crippen molar-refractivity contribution in [1.29, 1.82) is 0 Å². The van der Waals surface area contributed by atoms with E-state index in [1.807, 2.05) is 64.1 Å². The highest BCUT2D eigenvalue weighted by Crippen LogP contribution is 2.26. The van der Waals surface area contributed by atoms with E-state index in [2.05, 4.69) is 9.88 Å². The van der Waals surface area contributed by atoms with Crippen LogP contribution in [0, 0.1) is 27.7 Å². The Balaban J connectivity index is 1.76. The number of urea groups is 1. The lowest BCUT2D eigenvalue weighted by Gasteiger charge is -2.26. The van der Waals surface area contributed by atoms with Gasteiger partial charge in [0.2, 0.25) is 0 Å². The van der Waals surface area contributed by atoms with Crippen molar-refractivity contribution in [2.24, 2.45) is 0 Å². The molecule has 1 aliphatic rings. The van der Waals surface area contributed by atoms with Crippen molar-refractivity contribution in [3.05, 3.63) is 88.2 Å². The minimum absolute atomic E-state index is 0.0785. The van der Waals surface area contributed by atoms with Crippen LogP contribution in [0.5, 0.6) is 0 Å². The second-order valence-electron chi connectivity index (χ2n) is 7.79. The SMILES string of the molecule is Cc1ccc(-n2c(C)cc(C=C3C(=O)NC(=O)N(c4cccc(C)c4)C3=O)c2C)cc1. The molecule has 1 fully saturated rings. The predicted molar refractivity (Wildman–Crippen MR) is 120 cm³/mol. The highest BCUT2D eigenvalue weighted by Gasteiger charge is 2.37. The number of amides is 4. The number of imide groups is 2. The number of anilines is 1. The molecule has 2 aromatic carbocycles. The van der Waals surface area contributed by atoms with E-state index < -0.39 is 17.8 Å². The van der Waals surface area contributed by atoms with Crippen LogP contribution in [0.25, 0.3) is 11.8 Å². The van der Waals surface area contributed by atoms with E-state index in [0.29, 0.717) is 5.69 Å². The summed E-state index contributed by atoms with van der Waals surface area (Å²) in [7, 11) is 0. The highest BCUT2D eigenvalue weighted by molar-refractivity contribution is 6.39. The van der Waals surface area contributed by atoms with Gasteiger partial charge in [-0.05, 0) is 75.2 Å². The number of rotatable bonds is 3. The van der Waals surface area contributed by atoms with Gasteiger partial charge >= 0.3 is 6.03 Å². The van der Waals surface area contributed by atoms with E-state index in [1.54, 1.807) is 24.3 Å². The summed E-state index contributed by atoms with van der Waals surface area (Å²) in [4.78, 5) is 39.1. The van der Waals surface area contributed by atoms with E-state index in [0.717, 1.165) is 33.1 Å². The fourth-order valence-electron chi connectivity index (χ4n) is 3.84. The normalized spacial score (nSPS) is 15.5. The van der Waals surface area contributed by atoms with Gasteiger partial charge < -0.3 is 4.57 Å². The Kier molecular flexibility index (Phi) is 5.07. The molecule has 0 saturated carbocycles. The summed E-state index contributed by atoms with van der Waals surface area (Å²) in [5.74, 6) is -1.33. The number of aromatic nitrogens is 1. The molecule has 2 heterocycles. The van der Waals surface area contributed by atoms with Crippen LogP contribution in [0.1, 0.15) is 28.1 Å². The molecule has 156 valence electrons. The summed E-state index contributed by atoms with van der Waals surface area (Å²) < 4.78 is 2.07. The van der Waals surface area contributed by atoms with Gasteiger partial charge in [0.25, 0.3) is 11.8 Å². The van der Waals surface area contributed by atoms with Crippen LogP contribution in [-0.4, -0.2) is 22.4 Å². The van der Waals surface area contributed by atoms with Gasteiger partial charge in [-0.2, -0.15) is 0 Å². The Morgan fingerprint density at radius 1 is 0.806 bits per heavy atom. The van der Waals surface area contributed by atoms with Crippen LogP contribution in [-0.2, 0) is 9.59 Å². The predicted octanol–water partition coefficient (Wildman–Crippen LogP) is 4.38. The monoisotopic (exact) mass is 413 g/mol. The number of hydrogen-bond donors (Lipinski definition) is 1. The van der Waals surface area contributed by atoms with Gasteiger partial charge in [0, 0.05) is 17.1 Å². The Hall–Kier alpha value is -3.93. The first-order valence-electron chi connectivity index (χ1n) is 10.0. The van der Waals surface area contributed by atoms with Crippen molar-refractivity contribution < 1.29 is 14.4 Å². The van der Waals surface area contributed by atoms with Crippen LogP contribution in [0.4, 0.5) is 10.5 Å². The molecule has 1 aliphatic heterocycles. The van der Waals surface area contributed by atoms with Crippen molar-refractivity contribution >= 4 is 29.6 Å². The van der Waals surface area contributed by atoms with Crippen LogP contribution >= 0.6 is 0 Å². The molecule has 0 atom stereocenters. The van der Waals surface area contributed by atoms with Gasteiger partial charge in [0.05, 0.1) is 5.69 Å². The summed E-state index contributed by atoms with van der Waals surface area (Å²) >= 11 is 0. The van der Waals surface area contributed by atoms with Gasteiger partial charge in [0.1, 0.15) is 5.57 Å².